The highest BCUT2D eigenvalue weighted by molar-refractivity contribution is 6.35. The number of aliphatic hydroxyl groups is 1. The summed E-state index contributed by atoms with van der Waals surface area (Å²) in [5.74, 6) is -0.794. The molecule has 138 valence electrons. The Morgan fingerprint density at radius 3 is 2.81 bits per heavy atom. The van der Waals surface area contributed by atoms with E-state index in [9.17, 15) is 9.90 Å². The number of rotatable bonds is 4. The smallest absolute Gasteiger partial charge is 0.262 e. The topological polar surface area (TPSA) is 88.2 Å². The number of benzene rings is 1. The molecule has 0 fully saturated rings. The first-order valence-corrected chi connectivity index (χ1v) is 8.82. The number of carbonyl (C=O) groups is 1. The third-order valence-corrected chi connectivity index (χ3v) is 5.31. The summed E-state index contributed by atoms with van der Waals surface area (Å²) in [7, 11) is 0. The van der Waals surface area contributed by atoms with Crippen molar-refractivity contribution in [3.05, 3.63) is 63.4 Å². The average Bonchev–Trinajstić information content (AvgIpc) is 2.64. The van der Waals surface area contributed by atoms with E-state index in [4.69, 9.17) is 28.9 Å². The molecule has 0 bridgehead atoms. The summed E-state index contributed by atoms with van der Waals surface area (Å²) in [6, 6.07) is 7.89. The summed E-state index contributed by atoms with van der Waals surface area (Å²) >= 11 is 11.9. The van der Waals surface area contributed by atoms with Crippen molar-refractivity contribution in [1.29, 1.82) is 0 Å². The molecule has 1 aliphatic rings. The fourth-order valence-electron chi connectivity index (χ4n) is 3.14. The second-order valence-electron chi connectivity index (χ2n) is 6.43. The Balaban J connectivity index is 1.85. The monoisotopic (exact) mass is 397 g/mol. The Hall–Kier alpha value is -1.73. The number of nitrogens with two attached hydrogens (primary N) is 1. The van der Waals surface area contributed by atoms with Crippen LogP contribution in [0.2, 0.25) is 10.0 Å². The van der Waals surface area contributed by atoms with E-state index in [0.717, 1.165) is 0 Å². The lowest BCUT2D eigenvalue weighted by atomic mass is 9.73. The van der Waals surface area contributed by atoms with Crippen LogP contribution in [0.3, 0.4) is 0 Å². The highest BCUT2D eigenvalue weighted by Gasteiger charge is 2.50. The van der Waals surface area contributed by atoms with Crippen LogP contribution in [-0.4, -0.2) is 22.6 Å². The zero-order chi connectivity index (χ0) is 18.9. The zero-order valence-corrected chi connectivity index (χ0v) is 15.3. The van der Waals surface area contributed by atoms with Crippen molar-refractivity contribution >= 4 is 29.1 Å². The van der Waals surface area contributed by atoms with Gasteiger partial charge in [-0.25, -0.2) is 4.39 Å². The fraction of sp³-hybridized carbons (Fsp3) is 0.333. The number of aromatic nitrogens is 1. The van der Waals surface area contributed by atoms with Crippen LogP contribution in [0.15, 0.2) is 36.5 Å². The summed E-state index contributed by atoms with van der Waals surface area (Å²) in [6.07, 6.45) is 1.41. The van der Waals surface area contributed by atoms with Gasteiger partial charge in [0.2, 0.25) is 5.67 Å². The van der Waals surface area contributed by atoms with E-state index in [1.165, 1.54) is 12.3 Å². The van der Waals surface area contributed by atoms with Gasteiger partial charge in [0.25, 0.3) is 5.91 Å². The standard InChI is InChI=1S/C18H18Cl2FN3O2/c19-12-4-3-11(14(20)8-12)9-24-16(26)18(21)6-5-17(22,10-25)15-13(18)2-1-7-23-15/h1-4,7-8,25H,5-6,9-10,22H2,(H,24,26)/t17-,18+/m1/s1. The van der Waals surface area contributed by atoms with E-state index in [2.05, 4.69) is 10.3 Å². The third-order valence-electron chi connectivity index (χ3n) is 4.72. The Kier molecular flexibility index (Phi) is 5.21. The maximum atomic E-state index is 15.7. The van der Waals surface area contributed by atoms with Gasteiger partial charge in [-0.05, 0) is 36.6 Å². The van der Waals surface area contributed by atoms with Gasteiger partial charge in [0.1, 0.15) is 0 Å². The number of pyridine rings is 1. The molecular formula is C18H18Cl2FN3O2. The lowest BCUT2D eigenvalue weighted by Crippen LogP contribution is -2.52. The van der Waals surface area contributed by atoms with Crippen molar-refractivity contribution in [1.82, 2.24) is 10.3 Å². The number of hydrogen-bond donors (Lipinski definition) is 3. The first-order valence-electron chi connectivity index (χ1n) is 8.07. The van der Waals surface area contributed by atoms with Crippen molar-refractivity contribution in [2.75, 3.05) is 6.61 Å². The maximum absolute atomic E-state index is 15.7. The number of fused-ring (bicyclic) bond motifs is 1. The quantitative estimate of drug-likeness (QED) is 0.739. The van der Waals surface area contributed by atoms with E-state index in [1.807, 2.05) is 0 Å². The molecule has 1 aromatic carbocycles. The van der Waals surface area contributed by atoms with E-state index >= 15 is 4.39 Å². The maximum Gasteiger partial charge on any atom is 0.262 e. The van der Waals surface area contributed by atoms with Gasteiger partial charge in [-0.3, -0.25) is 9.78 Å². The molecule has 26 heavy (non-hydrogen) atoms. The highest BCUT2D eigenvalue weighted by Crippen LogP contribution is 2.44. The van der Waals surface area contributed by atoms with Gasteiger partial charge in [-0.15, -0.1) is 0 Å². The fourth-order valence-corrected chi connectivity index (χ4v) is 3.62. The number of halogens is 3. The van der Waals surface area contributed by atoms with E-state index < -0.39 is 17.1 Å². The van der Waals surface area contributed by atoms with Crippen LogP contribution in [0, 0.1) is 0 Å². The second kappa shape index (κ2) is 7.12. The third kappa shape index (κ3) is 3.30. The van der Waals surface area contributed by atoms with Crippen LogP contribution in [-0.2, 0) is 22.5 Å². The van der Waals surface area contributed by atoms with Crippen LogP contribution < -0.4 is 11.1 Å². The predicted octanol–water partition coefficient (Wildman–Crippen LogP) is 2.81. The average molecular weight is 398 g/mol. The van der Waals surface area contributed by atoms with Gasteiger partial charge in [-0.1, -0.05) is 35.3 Å². The van der Waals surface area contributed by atoms with Crippen molar-refractivity contribution in [3.8, 4) is 0 Å². The van der Waals surface area contributed by atoms with Crippen LogP contribution in [0.5, 0.6) is 0 Å². The molecule has 1 heterocycles. The first kappa shape index (κ1) is 19.0. The summed E-state index contributed by atoms with van der Waals surface area (Å²) in [6.45, 7) is -0.320. The first-order chi connectivity index (χ1) is 12.3. The normalized spacial score (nSPS) is 24.8. The molecule has 0 saturated carbocycles. The van der Waals surface area contributed by atoms with Crippen molar-refractivity contribution < 1.29 is 14.3 Å². The number of nitrogens with zero attached hydrogens (tertiary/aromatic N) is 1. The van der Waals surface area contributed by atoms with Crippen molar-refractivity contribution in [3.63, 3.8) is 0 Å². The minimum absolute atomic E-state index is 0.0594. The molecule has 4 N–H and O–H groups in total. The number of hydrogen-bond acceptors (Lipinski definition) is 4. The van der Waals surface area contributed by atoms with Gasteiger partial charge >= 0.3 is 0 Å². The van der Waals surface area contributed by atoms with E-state index in [1.54, 1.807) is 24.3 Å². The van der Waals surface area contributed by atoms with Crippen LogP contribution in [0.1, 0.15) is 29.7 Å². The number of alkyl halides is 1. The van der Waals surface area contributed by atoms with Gasteiger partial charge in [0, 0.05) is 28.4 Å². The summed E-state index contributed by atoms with van der Waals surface area (Å²) < 4.78 is 15.7. The van der Waals surface area contributed by atoms with Crippen molar-refractivity contribution in [2.45, 2.75) is 30.6 Å². The molecule has 0 spiro atoms. The van der Waals surface area contributed by atoms with E-state index in [-0.39, 0.29) is 37.3 Å². The number of carbonyl (C=O) groups excluding carboxylic acids is 1. The molecule has 0 saturated heterocycles. The lowest BCUT2D eigenvalue weighted by Gasteiger charge is -2.39. The summed E-state index contributed by atoms with van der Waals surface area (Å²) in [5.41, 5.74) is 3.63. The molecular weight excluding hydrogens is 380 g/mol. The molecule has 1 amide bonds. The Labute approximate surface area is 160 Å². The molecule has 0 radical (unpaired) electrons. The van der Waals surface area contributed by atoms with E-state index in [0.29, 0.717) is 15.6 Å². The minimum atomic E-state index is -2.28. The molecule has 1 aliphatic carbocycles. The van der Waals surface area contributed by atoms with Crippen LogP contribution in [0.25, 0.3) is 0 Å². The Morgan fingerprint density at radius 1 is 1.35 bits per heavy atom. The molecule has 0 aliphatic heterocycles. The lowest BCUT2D eigenvalue weighted by molar-refractivity contribution is -0.135. The Morgan fingerprint density at radius 2 is 2.12 bits per heavy atom. The molecule has 5 nitrogen and oxygen atoms in total. The van der Waals surface area contributed by atoms with Crippen LogP contribution in [0.4, 0.5) is 4.39 Å². The molecule has 2 atom stereocenters. The van der Waals surface area contributed by atoms with Gasteiger partial charge < -0.3 is 16.2 Å². The number of aliphatic hydroxyl groups excluding tert-OH is 1. The highest BCUT2D eigenvalue weighted by atomic mass is 35.5. The predicted molar refractivity (Wildman–Crippen MR) is 97.5 cm³/mol. The molecule has 3 rings (SSSR count). The largest absolute Gasteiger partial charge is 0.394 e. The minimum Gasteiger partial charge on any atom is -0.394 e. The Bertz CT molecular complexity index is 851. The molecule has 2 aromatic rings. The number of nitrogens with one attached hydrogen (secondary N) is 1. The van der Waals surface area contributed by atoms with Gasteiger partial charge in [0.05, 0.1) is 17.8 Å². The SMILES string of the molecule is N[C@@]1(CO)CC[C@@](F)(C(=O)NCc2ccc(Cl)cc2Cl)c2cccnc21. The van der Waals surface area contributed by atoms with Gasteiger partial charge in [0.15, 0.2) is 0 Å². The van der Waals surface area contributed by atoms with Gasteiger partial charge in [-0.2, -0.15) is 0 Å². The summed E-state index contributed by atoms with van der Waals surface area (Å²) in [4.78, 5) is 16.8. The molecule has 1 aromatic heterocycles. The summed E-state index contributed by atoms with van der Waals surface area (Å²) in [5, 5.41) is 13.0. The van der Waals surface area contributed by atoms with Crippen LogP contribution >= 0.6 is 23.2 Å². The second-order valence-corrected chi connectivity index (χ2v) is 7.28. The zero-order valence-electron chi connectivity index (χ0n) is 13.8. The van der Waals surface area contributed by atoms with Crippen molar-refractivity contribution in [2.24, 2.45) is 5.73 Å². The molecule has 8 heteroatoms. The number of amides is 1. The molecule has 0 unspecified atom stereocenters.